The van der Waals surface area contributed by atoms with Crippen LogP contribution in [0.2, 0.25) is 0 Å². The maximum atomic E-state index is 12.5. The van der Waals surface area contributed by atoms with Crippen molar-refractivity contribution in [3.63, 3.8) is 0 Å². The van der Waals surface area contributed by atoms with Crippen LogP contribution in [-0.2, 0) is 4.79 Å². The third-order valence-electron chi connectivity index (χ3n) is 5.85. The van der Waals surface area contributed by atoms with Crippen LogP contribution in [0.3, 0.4) is 0 Å². The van der Waals surface area contributed by atoms with Crippen LogP contribution in [-0.4, -0.2) is 37.6 Å². The first-order valence-electron chi connectivity index (χ1n) is 10.6. The third kappa shape index (κ3) is 4.75. The van der Waals surface area contributed by atoms with E-state index in [1.165, 1.54) is 5.56 Å². The highest BCUT2D eigenvalue weighted by molar-refractivity contribution is 5.98. The minimum atomic E-state index is -0.284. The summed E-state index contributed by atoms with van der Waals surface area (Å²) < 4.78 is 0. The molecule has 1 unspecified atom stereocenters. The maximum Gasteiger partial charge on any atom is 0.319 e. The van der Waals surface area contributed by atoms with Crippen molar-refractivity contribution < 1.29 is 9.59 Å². The highest BCUT2D eigenvalue weighted by Gasteiger charge is 2.31. The summed E-state index contributed by atoms with van der Waals surface area (Å²) in [6.07, 6.45) is 0.306. The molecule has 1 heterocycles. The molecule has 1 aliphatic heterocycles. The van der Waals surface area contributed by atoms with Crippen LogP contribution in [0.1, 0.15) is 37.0 Å². The molecule has 0 radical (unpaired) electrons. The molecule has 3 rings (SSSR count). The van der Waals surface area contributed by atoms with Gasteiger partial charge in [0.25, 0.3) is 0 Å². The summed E-state index contributed by atoms with van der Waals surface area (Å²) in [5.74, 6) is 0.0308. The van der Waals surface area contributed by atoms with Crippen molar-refractivity contribution in [2.24, 2.45) is 0 Å². The molecule has 0 spiro atoms. The van der Waals surface area contributed by atoms with E-state index >= 15 is 0 Å². The Bertz CT molecular complexity index is 937. The molecule has 160 valence electrons. The number of amides is 3. The lowest BCUT2D eigenvalue weighted by Gasteiger charge is -2.22. The zero-order valence-corrected chi connectivity index (χ0v) is 18.6. The van der Waals surface area contributed by atoms with Gasteiger partial charge in [-0.3, -0.25) is 4.79 Å². The van der Waals surface area contributed by atoms with Crippen molar-refractivity contribution in [1.29, 1.82) is 0 Å². The number of hydrogen-bond donors (Lipinski definition) is 2. The van der Waals surface area contributed by atoms with Crippen molar-refractivity contribution in [3.8, 4) is 0 Å². The number of hydrogen-bond acceptors (Lipinski definition) is 3. The van der Waals surface area contributed by atoms with E-state index in [2.05, 4.69) is 42.4 Å². The number of urea groups is 1. The quantitative estimate of drug-likeness (QED) is 0.745. The summed E-state index contributed by atoms with van der Waals surface area (Å²) in [5.41, 5.74) is 6.16. The molecular weight excluding hydrogens is 376 g/mol. The van der Waals surface area contributed by atoms with E-state index in [1.807, 2.05) is 44.2 Å². The van der Waals surface area contributed by atoms with Crippen molar-refractivity contribution in [2.75, 3.05) is 34.8 Å². The van der Waals surface area contributed by atoms with Crippen molar-refractivity contribution in [2.45, 2.75) is 47.1 Å². The van der Waals surface area contributed by atoms with Crippen LogP contribution in [0.4, 0.5) is 21.9 Å². The molecule has 30 heavy (non-hydrogen) atoms. The number of anilines is 3. The van der Waals surface area contributed by atoms with Gasteiger partial charge in [-0.2, -0.15) is 0 Å². The average molecular weight is 409 g/mol. The van der Waals surface area contributed by atoms with Gasteiger partial charge in [0.2, 0.25) is 5.91 Å². The summed E-state index contributed by atoms with van der Waals surface area (Å²) in [5, 5.41) is 5.87. The van der Waals surface area contributed by atoms with Gasteiger partial charge in [-0.05, 0) is 81.6 Å². The average Bonchev–Trinajstić information content (AvgIpc) is 3.07. The van der Waals surface area contributed by atoms with Crippen LogP contribution in [0.25, 0.3) is 0 Å². The van der Waals surface area contributed by atoms with E-state index < -0.39 is 0 Å². The molecule has 0 aliphatic carbocycles. The molecule has 1 aliphatic rings. The Morgan fingerprint density at radius 3 is 2.40 bits per heavy atom. The zero-order valence-electron chi connectivity index (χ0n) is 18.6. The van der Waals surface area contributed by atoms with Crippen molar-refractivity contribution >= 4 is 29.0 Å². The molecule has 0 bridgehead atoms. The van der Waals surface area contributed by atoms with Crippen LogP contribution in [0.5, 0.6) is 0 Å². The summed E-state index contributed by atoms with van der Waals surface area (Å²) in [6, 6.07) is 11.6. The SMILES string of the molecule is CCN(CC)c1ccc(NC(=O)NC2CC(=O)N(c3ccc(C)c(C)c3)C2)c(C)c1. The van der Waals surface area contributed by atoms with Gasteiger partial charge in [-0.15, -0.1) is 0 Å². The predicted octanol–water partition coefficient (Wildman–Crippen LogP) is 4.39. The number of carbonyl (C=O) groups excluding carboxylic acids is 2. The minimum absolute atomic E-state index is 0.0308. The van der Waals surface area contributed by atoms with E-state index in [0.29, 0.717) is 13.0 Å². The highest BCUT2D eigenvalue weighted by Crippen LogP contribution is 2.25. The molecule has 0 saturated carbocycles. The Morgan fingerprint density at radius 1 is 1.03 bits per heavy atom. The molecule has 1 saturated heterocycles. The van der Waals surface area contributed by atoms with Crippen molar-refractivity contribution in [3.05, 3.63) is 53.1 Å². The fourth-order valence-corrected chi connectivity index (χ4v) is 3.86. The van der Waals surface area contributed by atoms with E-state index in [0.717, 1.165) is 41.3 Å². The zero-order chi connectivity index (χ0) is 21.8. The fraction of sp³-hybridized carbons (Fsp3) is 0.417. The van der Waals surface area contributed by atoms with Crippen LogP contribution in [0.15, 0.2) is 36.4 Å². The van der Waals surface area contributed by atoms with E-state index in [4.69, 9.17) is 0 Å². The van der Waals surface area contributed by atoms with Crippen LogP contribution < -0.4 is 20.4 Å². The molecule has 2 aromatic carbocycles. The van der Waals surface area contributed by atoms with Gasteiger partial charge < -0.3 is 20.4 Å². The van der Waals surface area contributed by atoms with Gasteiger partial charge in [-0.1, -0.05) is 6.07 Å². The van der Waals surface area contributed by atoms with Gasteiger partial charge in [0, 0.05) is 43.1 Å². The standard InChI is InChI=1S/C24H32N4O2/c1-6-27(7-2)20-10-11-22(18(5)13-20)26-24(30)25-19-14-23(29)28(15-19)21-9-8-16(3)17(4)12-21/h8-13,19H,6-7,14-15H2,1-5H3,(H2,25,26,30). The predicted molar refractivity (Wildman–Crippen MR) is 124 cm³/mol. The normalized spacial score (nSPS) is 16.0. The summed E-state index contributed by atoms with van der Waals surface area (Å²) in [4.78, 5) is 29.0. The second kappa shape index (κ2) is 9.20. The smallest absolute Gasteiger partial charge is 0.319 e. The summed E-state index contributed by atoms with van der Waals surface area (Å²) in [7, 11) is 0. The fourth-order valence-electron chi connectivity index (χ4n) is 3.86. The lowest BCUT2D eigenvalue weighted by Crippen LogP contribution is -2.39. The molecule has 2 N–H and O–H groups in total. The summed E-state index contributed by atoms with van der Waals surface area (Å²) in [6.45, 7) is 12.7. The number of benzene rings is 2. The molecule has 0 aromatic heterocycles. The second-order valence-electron chi connectivity index (χ2n) is 7.94. The monoisotopic (exact) mass is 408 g/mol. The van der Waals surface area contributed by atoms with E-state index in [1.54, 1.807) is 4.90 Å². The van der Waals surface area contributed by atoms with Gasteiger partial charge in [0.1, 0.15) is 0 Å². The maximum absolute atomic E-state index is 12.5. The van der Waals surface area contributed by atoms with E-state index in [9.17, 15) is 9.59 Å². The number of rotatable bonds is 6. The highest BCUT2D eigenvalue weighted by atomic mass is 16.2. The van der Waals surface area contributed by atoms with E-state index in [-0.39, 0.29) is 18.0 Å². The van der Waals surface area contributed by atoms with Gasteiger partial charge >= 0.3 is 6.03 Å². The van der Waals surface area contributed by atoms with Crippen LogP contribution >= 0.6 is 0 Å². The number of carbonyl (C=O) groups is 2. The number of nitrogens with one attached hydrogen (secondary N) is 2. The second-order valence-corrected chi connectivity index (χ2v) is 7.94. The Labute approximate surface area is 179 Å². The topological polar surface area (TPSA) is 64.7 Å². The van der Waals surface area contributed by atoms with Crippen molar-refractivity contribution in [1.82, 2.24) is 5.32 Å². The lowest BCUT2D eigenvalue weighted by atomic mass is 10.1. The minimum Gasteiger partial charge on any atom is -0.372 e. The molecular formula is C24H32N4O2. The number of aryl methyl sites for hydroxylation is 3. The van der Waals surface area contributed by atoms with Gasteiger partial charge in [-0.25, -0.2) is 4.79 Å². The molecule has 2 aromatic rings. The lowest BCUT2D eigenvalue weighted by molar-refractivity contribution is -0.117. The molecule has 1 fully saturated rings. The summed E-state index contributed by atoms with van der Waals surface area (Å²) >= 11 is 0. The third-order valence-corrected chi connectivity index (χ3v) is 5.85. The largest absolute Gasteiger partial charge is 0.372 e. The Kier molecular flexibility index (Phi) is 6.65. The Balaban J connectivity index is 1.61. The molecule has 6 heteroatoms. The first-order chi connectivity index (χ1) is 14.3. The Hall–Kier alpha value is -3.02. The van der Waals surface area contributed by atoms with Crippen LogP contribution in [0, 0.1) is 20.8 Å². The first-order valence-corrected chi connectivity index (χ1v) is 10.6. The first kappa shape index (κ1) is 21.7. The molecule has 1 atom stereocenters. The molecule has 3 amide bonds. The van der Waals surface area contributed by atoms with Gasteiger partial charge in [0.15, 0.2) is 0 Å². The molecule has 6 nitrogen and oxygen atoms in total. The van der Waals surface area contributed by atoms with Gasteiger partial charge in [0.05, 0.1) is 6.04 Å². The Morgan fingerprint density at radius 2 is 1.77 bits per heavy atom. The number of nitrogens with zero attached hydrogens (tertiary/aromatic N) is 2.